The quantitative estimate of drug-likeness (QED) is 0.292. The summed E-state index contributed by atoms with van der Waals surface area (Å²) in [5.74, 6) is -0.498. The Kier molecular flexibility index (Phi) is 8.28. The highest BCUT2D eigenvalue weighted by Crippen LogP contribution is 2.26. The van der Waals surface area contributed by atoms with Crippen molar-refractivity contribution in [2.75, 3.05) is 39.3 Å². The zero-order valence-corrected chi connectivity index (χ0v) is 22.9. The van der Waals surface area contributed by atoms with E-state index in [0.29, 0.717) is 61.3 Å². The Hall–Kier alpha value is -3.30. The molecule has 4 aromatic rings. The van der Waals surface area contributed by atoms with Crippen molar-refractivity contribution in [2.45, 2.75) is 11.4 Å². The summed E-state index contributed by atoms with van der Waals surface area (Å²) >= 11 is 6.12. The van der Waals surface area contributed by atoms with E-state index < -0.39 is 10.0 Å². The number of rotatable bonds is 8. The molecule has 0 unspecified atom stereocenters. The third-order valence-electron chi connectivity index (χ3n) is 7.03. The number of carbonyl (C=O) groups is 1. The molecule has 4 aromatic carbocycles. The Morgan fingerprint density at radius 3 is 2.31 bits per heavy atom. The van der Waals surface area contributed by atoms with E-state index in [2.05, 4.69) is 4.90 Å². The molecule has 1 aliphatic rings. The first-order valence-corrected chi connectivity index (χ1v) is 14.6. The second-order valence-electron chi connectivity index (χ2n) is 9.59. The first kappa shape index (κ1) is 27.3. The topological polar surface area (TPSA) is 60.9 Å². The van der Waals surface area contributed by atoms with Crippen LogP contribution in [-0.2, 0) is 16.6 Å². The molecule has 0 radical (unpaired) electrons. The van der Waals surface area contributed by atoms with E-state index in [9.17, 15) is 17.6 Å². The standard InChI is InChI=1S/C30H29ClFN3O3S/c31-26-8-3-7-25(21-26)30(36)34(22-23-11-13-27(32)14-12-23)18-15-33-16-19-35(20-17-33)39(37,38)29-10-4-6-24-5-1-2-9-28(24)29/h1-14,21H,15-20,22H2. The Morgan fingerprint density at radius 1 is 0.872 bits per heavy atom. The minimum absolute atomic E-state index is 0.168. The van der Waals surface area contributed by atoms with E-state index in [1.807, 2.05) is 30.3 Å². The lowest BCUT2D eigenvalue weighted by molar-refractivity contribution is 0.0710. The maximum atomic E-state index is 13.5. The third kappa shape index (κ3) is 6.31. The molecule has 9 heteroatoms. The van der Waals surface area contributed by atoms with Crippen LogP contribution in [0, 0.1) is 5.82 Å². The van der Waals surface area contributed by atoms with Gasteiger partial charge in [-0.15, -0.1) is 0 Å². The van der Waals surface area contributed by atoms with E-state index in [1.54, 1.807) is 57.7 Å². The molecule has 1 saturated heterocycles. The number of fused-ring (bicyclic) bond motifs is 1. The summed E-state index contributed by atoms with van der Waals surface area (Å²) in [6, 6.07) is 25.8. The molecule has 0 saturated carbocycles. The van der Waals surface area contributed by atoms with E-state index >= 15 is 0 Å². The Labute approximate surface area is 233 Å². The average Bonchev–Trinajstić information content (AvgIpc) is 2.96. The average molecular weight is 566 g/mol. The summed E-state index contributed by atoms with van der Waals surface area (Å²) in [6.07, 6.45) is 0. The van der Waals surface area contributed by atoms with Gasteiger partial charge in [0.2, 0.25) is 10.0 Å². The van der Waals surface area contributed by atoms with Crippen molar-refractivity contribution < 1.29 is 17.6 Å². The van der Waals surface area contributed by atoms with Gasteiger partial charge in [0.25, 0.3) is 5.91 Å². The van der Waals surface area contributed by atoms with Gasteiger partial charge in [-0.1, -0.05) is 66.2 Å². The number of piperazine rings is 1. The summed E-state index contributed by atoms with van der Waals surface area (Å²) < 4.78 is 42.0. The van der Waals surface area contributed by atoms with Crippen molar-refractivity contribution in [3.63, 3.8) is 0 Å². The van der Waals surface area contributed by atoms with E-state index in [4.69, 9.17) is 11.6 Å². The molecule has 0 atom stereocenters. The summed E-state index contributed by atoms with van der Waals surface area (Å²) in [5, 5.41) is 2.09. The van der Waals surface area contributed by atoms with Crippen LogP contribution < -0.4 is 0 Å². The normalized spacial score (nSPS) is 14.9. The molecule has 1 aliphatic heterocycles. The van der Waals surface area contributed by atoms with Crippen molar-refractivity contribution in [3.05, 3.63) is 113 Å². The smallest absolute Gasteiger partial charge is 0.254 e. The maximum absolute atomic E-state index is 13.5. The lowest BCUT2D eigenvalue weighted by Crippen LogP contribution is -2.50. The molecule has 0 spiro atoms. The summed E-state index contributed by atoms with van der Waals surface area (Å²) in [7, 11) is -3.64. The maximum Gasteiger partial charge on any atom is 0.254 e. The van der Waals surface area contributed by atoms with Crippen molar-refractivity contribution in [2.24, 2.45) is 0 Å². The van der Waals surface area contributed by atoms with Crippen LogP contribution in [0.5, 0.6) is 0 Å². The molecule has 202 valence electrons. The van der Waals surface area contributed by atoms with Gasteiger partial charge < -0.3 is 4.90 Å². The monoisotopic (exact) mass is 565 g/mol. The van der Waals surface area contributed by atoms with E-state index in [0.717, 1.165) is 16.3 Å². The molecule has 0 aliphatic carbocycles. The van der Waals surface area contributed by atoms with Crippen molar-refractivity contribution in [1.82, 2.24) is 14.1 Å². The third-order valence-corrected chi connectivity index (χ3v) is 9.22. The Morgan fingerprint density at radius 2 is 1.56 bits per heavy atom. The highest BCUT2D eigenvalue weighted by Gasteiger charge is 2.30. The summed E-state index contributed by atoms with van der Waals surface area (Å²) in [6.45, 7) is 3.17. The number of hydrogen-bond acceptors (Lipinski definition) is 4. The second-order valence-corrected chi connectivity index (χ2v) is 11.9. The van der Waals surface area contributed by atoms with Gasteiger partial charge in [-0.05, 0) is 47.3 Å². The van der Waals surface area contributed by atoms with Crippen LogP contribution in [0.4, 0.5) is 4.39 Å². The molecule has 0 aromatic heterocycles. The molecule has 0 bridgehead atoms. The number of sulfonamides is 1. The molecule has 5 rings (SSSR count). The number of hydrogen-bond donors (Lipinski definition) is 0. The van der Waals surface area contributed by atoms with E-state index in [1.165, 1.54) is 12.1 Å². The van der Waals surface area contributed by atoms with Gasteiger partial charge in [-0.25, -0.2) is 12.8 Å². The van der Waals surface area contributed by atoms with Crippen molar-refractivity contribution >= 4 is 38.3 Å². The lowest BCUT2D eigenvalue weighted by Gasteiger charge is -2.35. The first-order chi connectivity index (χ1) is 18.8. The van der Waals surface area contributed by atoms with Gasteiger partial charge in [0.15, 0.2) is 0 Å². The Balaban J connectivity index is 1.25. The van der Waals surface area contributed by atoms with Crippen LogP contribution in [0.3, 0.4) is 0 Å². The predicted molar refractivity (Wildman–Crippen MR) is 152 cm³/mol. The van der Waals surface area contributed by atoms with Gasteiger partial charge >= 0.3 is 0 Å². The van der Waals surface area contributed by atoms with Crippen LogP contribution in [0.25, 0.3) is 10.8 Å². The minimum Gasteiger partial charge on any atom is -0.333 e. The van der Waals surface area contributed by atoms with Gasteiger partial charge in [0.1, 0.15) is 5.82 Å². The zero-order chi connectivity index (χ0) is 27.4. The highest BCUT2D eigenvalue weighted by molar-refractivity contribution is 7.89. The minimum atomic E-state index is -3.64. The molecular formula is C30H29ClFN3O3S. The first-order valence-electron chi connectivity index (χ1n) is 12.8. The fourth-order valence-electron chi connectivity index (χ4n) is 4.88. The summed E-state index contributed by atoms with van der Waals surface area (Å²) in [4.78, 5) is 17.6. The summed E-state index contributed by atoms with van der Waals surface area (Å²) in [5.41, 5.74) is 1.30. The number of amides is 1. The van der Waals surface area contributed by atoms with Crippen LogP contribution in [-0.4, -0.2) is 67.7 Å². The van der Waals surface area contributed by atoms with Crippen LogP contribution >= 0.6 is 11.6 Å². The number of halogens is 2. The number of carbonyl (C=O) groups excluding carboxylic acids is 1. The SMILES string of the molecule is O=C(c1cccc(Cl)c1)N(CCN1CCN(S(=O)(=O)c2cccc3ccccc23)CC1)Cc1ccc(F)cc1. The molecule has 39 heavy (non-hydrogen) atoms. The van der Waals surface area contributed by atoms with Crippen LogP contribution in [0.1, 0.15) is 15.9 Å². The van der Waals surface area contributed by atoms with Gasteiger partial charge in [0.05, 0.1) is 4.90 Å². The molecule has 6 nitrogen and oxygen atoms in total. The number of nitrogens with zero attached hydrogens (tertiary/aromatic N) is 3. The van der Waals surface area contributed by atoms with Crippen LogP contribution in [0.15, 0.2) is 95.9 Å². The van der Waals surface area contributed by atoms with Crippen molar-refractivity contribution in [1.29, 1.82) is 0 Å². The van der Waals surface area contributed by atoms with Gasteiger partial charge in [-0.3, -0.25) is 9.69 Å². The lowest BCUT2D eigenvalue weighted by atomic mass is 10.1. The van der Waals surface area contributed by atoms with Gasteiger partial charge in [0, 0.05) is 61.8 Å². The molecule has 1 heterocycles. The molecule has 1 amide bonds. The second kappa shape index (κ2) is 11.8. The molecule has 0 N–H and O–H groups in total. The largest absolute Gasteiger partial charge is 0.333 e. The molecular weight excluding hydrogens is 537 g/mol. The zero-order valence-electron chi connectivity index (χ0n) is 21.3. The fraction of sp³-hybridized carbons (Fsp3) is 0.233. The van der Waals surface area contributed by atoms with Crippen LogP contribution in [0.2, 0.25) is 5.02 Å². The fourth-order valence-corrected chi connectivity index (χ4v) is 6.71. The molecule has 1 fully saturated rings. The Bertz CT molecular complexity index is 1570. The number of benzene rings is 4. The highest BCUT2D eigenvalue weighted by atomic mass is 35.5. The van der Waals surface area contributed by atoms with Gasteiger partial charge in [-0.2, -0.15) is 4.31 Å². The van der Waals surface area contributed by atoms with Crippen molar-refractivity contribution in [3.8, 4) is 0 Å². The van der Waals surface area contributed by atoms with E-state index in [-0.39, 0.29) is 11.7 Å². The predicted octanol–water partition coefficient (Wildman–Crippen LogP) is 5.28.